The van der Waals surface area contributed by atoms with Crippen molar-refractivity contribution in [2.75, 3.05) is 0 Å². The van der Waals surface area contributed by atoms with Crippen LogP contribution in [0.5, 0.6) is 0 Å². The number of ketones is 1. The Morgan fingerprint density at radius 1 is 1.20 bits per heavy atom. The smallest absolute Gasteiger partial charge is 0.269 e. The minimum Gasteiger partial charge on any atom is -0.294 e. The second-order valence-corrected chi connectivity index (χ2v) is 4.53. The van der Waals surface area contributed by atoms with Gasteiger partial charge in [-0.3, -0.25) is 14.9 Å². The predicted molar refractivity (Wildman–Crippen MR) is 72.5 cm³/mol. The van der Waals surface area contributed by atoms with Crippen molar-refractivity contribution in [1.82, 2.24) is 0 Å². The third-order valence-electron chi connectivity index (χ3n) is 2.76. The molecule has 0 fully saturated rings. The van der Waals surface area contributed by atoms with E-state index in [-0.39, 0.29) is 22.7 Å². The van der Waals surface area contributed by atoms with Crippen LogP contribution in [-0.4, -0.2) is 10.7 Å². The minimum atomic E-state index is -0.749. The van der Waals surface area contributed by atoms with Gasteiger partial charge in [-0.1, -0.05) is 29.8 Å². The molecule has 6 heteroatoms. The SMILES string of the molecule is O=C(Cc1ccc([N+](=O)[O-])cc1)c1cccc(Cl)c1F. The number of hydrogen-bond acceptors (Lipinski definition) is 3. The average Bonchev–Trinajstić information content (AvgIpc) is 2.42. The van der Waals surface area contributed by atoms with Gasteiger partial charge in [0.15, 0.2) is 11.6 Å². The van der Waals surface area contributed by atoms with Crippen LogP contribution in [0.25, 0.3) is 0 Å². The van der Waals surface area contributed by atoms with Crippen LogP contribution in [0.2, 0.25) is 5.02 Å². The first-order chi connectivity index (χ1) is 9.49. The van der Waals surface area contributed by atoms with E-state index in [4.69, 9.17) is 11.6 Å². The van der Waals surface area contributed by atoms with Crippen molar-refractivity contribution < 1.29 is 14.1 Å². The predicted octanol–water partition coefficient (Wildman–Crippen LogP) is 3.81. The van der Waals surface area contributed by atoms with E-state index >= 15 is 0 Å². The first-order valence-electron chi connectivity index (χ1n) is 5.69. The van der Waals surface area contributed by atoms with Gasteiger partial charge in [0, 0.05) is 18.6 Å². The summed E-state index contributed by atoms with van der Waals surface area (Å²) in [5.41, 5.74) is 0.422. The number of rotatable bonds is 4. The van der Waals surface area contributed by atoms with Gasteiger partial charge in [0.1, 0.15) is 0 Å². The number of nitro groups is 1. The summed E-state index contributed by atoms with van der Waals surface area (Å²) in [4.78, 5) is 22.0. The van der Waals surface area contributed by atoms with E-state index < -0.39 is 16.5 Å². The number of nitro benzene ring substituents is 1. The molecular formula is C14H9ClFNO3. The number of carbonyl (C=O) groups is 1. The Bertz CT molecular complexity index is 671. The molecule has 0 bridgehead atoms. The highest BCUT2D eigenvalue weighted by Crippen LogP contribution is 2.20. The number of non-ortho nitro benzene ring substituents is 1. The van der Waals surface area contributed by atoms with Crippen molar-refractivity contribution in [3.63, 3.8) is 0 Å². The molecule has 0 atom stereocenters. The minimum absolute atomic E-state index is 0.0464. The van der Waals surface area contributed by atoms with Crippen LogP contribution in [0.15, 0.2) is 42.5 Å². The summed E-state index contributed by atoms with van der Waals surface area (Å²) in [5, 5.41) is 10.4. The molecule has 4 nitrogen and oxygen atoms in total. The lowest BCUT2D eigenvalue weighted by Crippen LogP contribution is -2.06. The van der Waals surface area contributed by atoms with Gasteiger partial charge in [0.2, 0.25) is 0 Å². The van der Waals surface area contributed by atoms with Crippen molar-refractivity contribution in [1.29, 1.82) is 0 Å². The average molecular weight is 294 g/mol. The molecule has 0 amide bonds. The van der Waals surface area contributed by atoms with E-state index in [0.717, 1.165) is 0 Å². The zero-order valence-electron chi connectivity index (χ0n) is 10.2. The fourth-order valence-electron chi connectivity index (χ4n) is 1.74. The number of carbonyl (C=O) groups excluding carboxylic acids is 1. The van der Waals surface area contributed by atoms with Gasteiger partial charge in [-0.15, -0.1) is 0 Å². The first-order valence-corrected chi connectivity index (χ1v) is 6.07. The third-order valence-corrected chi connectivity index (χ3v) is 3.06. The highest BCUT2D eigenvalue weighted by Gasteiger charge is 2.15. The normalized spacial score (nSPS) is 10.3. The molecule has 0 saturated carbocycles. The van der Waals surface area contributed by atoms with E-state index in [2.05, 4.69) is 0 Å². The quantitative estimate of drug-likeness (QED) is 0.489. The van der Waals surface area contributed by atoms with Crippen LogP contribution < -0.4 is 0 Å². The molecule has 0 aliphatic carbocycles. The summed E-state index contributed by atoms with van der Waals surface area (Å²) in [7, 11) is 0. The lowest BCUT2D eigenvalue weighted by molar-refractivity contribution is -0.384. The van der Waals surface area contributed by atoms with E-state index in [9.17, 15) is 19.3 Å². The van der Waals surface area contributed by atoms with Crippen molar-refractivity contribution in [3.8, 4) is 0 Å². The Morgan fingerprint density at radius 2 is 1.85 bits per heavy atom. The summed E-state index contributed by atoms with van der Waals surface area (Å²) in [6, 6.07) is 9.76. The van der Waals surface area contributed by atoms with Crippen LogP contribution in [0.3, 0.4) is 0 Å². The molecule has 0 saturated heterocycles. The van der Waals surface area contributed by atoms with Gasteiger partial charge < -0.3 is 0 Å². The van der Waals surface area contributed by atoms with E-state index in [1.165, 1.54) is 42.5 Å². The van der Waals surface area contributed by atoms with Crippen LogP contribution in [0.1, 0.15) is 15.9 Å². The third kappa shape index (κ3) is 3.00. The Labute approximate surface area is 119 Å². The standard InChI is InChI=1S/C14H9ClFNO3/c15-12-3-1-2-11(14(12)16)13(18)8-9-4-6-10(7-5-9)17(19)20/h1-7H,8H2. The van der Waals surface area contributed by atoms with Gasteiger partial charge in [0.05, 0.1) is 15.5 Å². The Morgan fingerprint density at radius 3 is 2.45 bits per heavy atom. The van der Waals surface area contributed by atoms with Crippen molar-refractivity contribution in [2.45, 2.75) is 6.42 Å². The van der Waals surface area contributed by atoms with Gasteiger partial charge >= 0.3 is 0 Å². The monoisotopic (exact) mass is 293 g/mol. The highest BCUT2D eigenvalue weighted by atomic mass is 35.5. The topological polar surface area (TPSA) is 60.2 Å². The maximum absolute atomic E-state index is 13.7. The molecule has 2 aromatic carbocycles. The molecule has 0 aliphatic heterocycles. The van der Waals surface area contributed by atoms with Crippen molar-refractivity contribution in [3.05, 3.63) is 74.5 Å². The molecule has 0 unspecified atom stereocenters. The summed E-state index contributed by atoms with van der Waals surface area (Å²) >= 11 is 5.61. The maximum Gasteiger partial charge on any atom is 0.269 e. The van der Waals surface area contributed by atoms with E-state index in [1.807, 2.05) is 0 Å². The fraction of sp³-hybridized carbons (Fsp3) is 0.0714. The number of halogens is 2. The van der Waals surface area contributed by atoms with E-state index in [1.54, 1.807) is 0 Å². The molecule has 0 spiro atoms. The fourth-order valence-corrected chi connectivity index (χ4v) is 1.91. The Balaban J connectivity index is 2.19. The van der Waals surface area contributed by atoms with Crippen LogP contribution >= 0.6 is 11.6 Å². The summed E-state index contributed by atoms with van der Waals surface area (Å²) < 4.78 is 13.7. The lowest BCUT2D eigenvalue weighted by atomic mass is 10.0. The molecule has 2 aromatic rings. The Hall–Kier alpha value is -2.27. The maximum atomic E-state index is 13.7. The molecule has 2 rings (SSSR count). The van der Waals surface area contributed by atoms with Crippen molar-refractivity contribution >= 4 is 23.1 Å². The first kappa shape index (κ1) is 14.1. The molecule has 0 aromatic heterocycles. The van der Waals surface area contributed by atoms with E-state index in [0.29, 0.717) is 5.56 Å². The lowest BCUT2D eigenvalue weighted by Gasteiger charge is -2.04. The molecule has 102 valence electrons. The van der Waals surface area contributed by atoms with Crippen LogP contribution in [0.4, 0.5) is 10.1 Å². The molecule has 0 N–H and O–H groups in total. The summed E-state index contributed by atoms with van der Waals surface area (Å²) in [6.07, 6.45) is -0.0464. The molecule has 0 aliphatic rings. The summed E-state index contributed by atoms with van der Waals surface area (Å²) in [5.74, 6) is -1.18. The largest absolute Gasteiger partial charge is 0.294 e. The zero-order valence-corrected chi connectivity index (χ0v) is 10.9. The number of nitrogens with zero attached hydrogens (tertiary/aromatic N) is 1. The molecular weight excluding hydrogens is 285 g/mol. The van der Waals surface area contributed by atoms with Gasteiger partial charge in [-0.05, 0) is 17.7 Å². The second kappa shape index (κ2) is 5.79. The van der Waals surface area contributed by atoms with Crippen molar-refractivity contribution in [2.24, 2.45) is 0 Å². The second-order valence-electron chi connectivity index (χ2n) is 4.12. The van der Waals surface area contributed by atoms with Gasteiger partial charge in [0.25, 0.3) is 5.69 Å². The zero-order chi connectivity index (χ0) is 14.7. The summed E-state index contributed by atoms with van der Waals surface area (Å²) in [6.45, 7) is 0. The van der Waals surface area contributed by atoms with Gasteiger partial charge in [-0.2, -0.15) is 0 Å². The number of hydrogen-bond donors (Lipinski definition) is 0. The van der Waals surface area contributed by atoms with Crippen LogP contribution in [0, 0.1) is 15.9 Å². The molecule has 0 heterocycles. The van der Waals surface area contributed by atoms with Gasteiger partial charge in [-0.25, -0.2) is 4.39 Å². The molecule has 0 radical (unpaired) electrons. The number of benzene rings is 2. The Kier molecular flexibility index (Phi) is 4.10. The number of Topliss-reactive ketones (excluding diaryl/α,β-unsaturated/α-hetero) is 1. The molecule has 20 heavy (non-hydrogen) atoms. The van der Waals surface area contributed by atoms with Crippen LogP contribution in [-0.2, 0) is 6.42 Å². The highest BCUT2D eigenvalue weighted by molar-refractivity contribution is 6.31.